The van der Waals surface area contributed by atoms with Crippen LogP contribution in [0, 0.1) is 0 Å². The maximum absolute atomic E-state index is 12.8. The van der Waals surface area contributed by atoms with E-state index in [0.717, 1.165) is 19.3 Å². The number of aromatic nitrogens is 2. The van der Waals surface area contributed by atoms with E-state index in [2.05, 4.69) is 28.3 Å². The maximum atomic E-state index is 12.8. The van der Waals surface area contributed by atoms with E-state index in [1.165, 1.54) is 11.1 Å². The molecule has 0 spiro atoms. The Kier molecular flexibility index (Phi) is 4.17. The minimum absolute atomic E-state index is 0.0786. The molecule has 0 amide bonds. The van der Waals surface area contributed by atoms with E-state index in [-0.39, 0.29) is 10.7 Å². The van der Waals surface area contributed by atoms with Crippen molar-refractivity contribution in [2.24, 2.45) is 0 Å². The first-order valence-corrected chi connectivity index (χ1v) is 9.11. The zero-order valence-electron chi connectivity index (χ0n) is 13.3. The van der Waals surface area contributed by atoms with Crippen LogP contribution in [0.3, 0.4) is 0 Å². The second kappa shape index (κ2) is 5.95. The molecule has 0 radical (unpaired) electrons. The van der Waals surface area contributed by atoms with Crippen LogP contribution in [0.5, 0.6) is 0 Å². The molecule has 1 aliphatic rings. The summed E-state index contributed by atoms with van der Waals surface area (Å²) in [5.74, 6) is 1.48. The van der Waals surface area contributed by atoms with E-state index in [9.17, 15) is 4.21 Å². The molecule has 3 rings (SSSR count). The van der Waals surface area contributed by atoms with Crippen LogP contribution < -0.4 is 0 Å². The summed E-state index contributed by atoms with van der Waals surface area (Å²) in [6.45, 7) is 6.11. The molecule has 1 aliphatic carbocycles. The van der Waals surface area contributed by atoms with Gasteiger partial charge in [-0.15, -0.1) is 0 Å². The number of fused-ring (bicyclic) bond motifs is 1. The first kappa shape index (κ1) is 15.4. The number of hydrogen-bond donors (Lipinski definition) is 0. The van der Waals surface area contributed by atoms with Crippen LogP contribution in [0.4, 0.5) is 0 Å². The Morgan fingerprint density at radius 3 is 2.82 bits per heavy atom. The van der Waals surface area contributed by atoms with Crippen molar-refractivity contribution in [3.05, 3.63) is 47.1 Å². The van der Waals surface area contributed by atoms with Crippen molar-refractivity contribution in [1.82, 2.24) is 10.1 Å². The van der Waals surface area contributed by atoms with Gasteiger partial charge in [0, 0.05) is 16.2 Å². The maximum Gasteiger partial charge on any atom is 0.239 e. The number of hydrogen-bond acceptors (Lipinski definition) is 4. The largest absolute Gasteiger partial charge is 0.338 e. The zero-order chi connectivity index (χ0) is 15.7. The van der Waals surface area contributed by atoms with Crippen LogP contribution in [0.25, 0.3) is 0 Å². The summed E-state index contributed by atoms with van der Waals surface area (Å²) in [6, 6.07) is 8.32. The predicted molar refractivity (Wildman–Crippen MR) is 87.0 cm³/mol. The Balaban J connectivity index is 1.77. The monoisotopic (exact) mass is 318 g/mol. The molecule has 2 atom stereocenters. The lowest BCUT2D eigenvalue weighted by Gasteiger charge is -2.24. The zero-order valence-corrected chi connectivity index (χ0v) is 14.2. The average molecular weight is 318 g/mol. The van der Waals surface area contributed by atoms with Crippen molar-refractivity contribution >= 4 is 10.8 Å². The second-order valence-corrected chi connectivity index (χ2v) is 8.49. The van der Waals surface area contributed by atoms with Crippen molar-refractivity contribution in [1.29, 1.82) is 0 Å². The van der Waals surface area contributed by atoms with Crippen LogP contribution in [0.1, 0.15) is 61.7 Å². The molecular weight excluding hydrogens is 296 g/mol. The molecular formula is C17H22N2O2S. The van der Waals surface area contributed by atoms with Gasteiger partial charge in [0.25, 0.3) is 0 Å². The molecule has 4 nitrogen and oxygen atoms in total. The highest BCUT2D eigenvalue weighted by molar-refractivity contribution is 7.84. The third-order valence-electron chi connectivity index (χ3n) is 4.04. The van der Waals surface area contributed by atoms with Gasteiger partial charge in [0.2, 0.25) is 5.89 Å². The van der Waals surface area contributed by atoms with Crippen molar-refractivity contribution < 1.29 is 8.73 Å². The van der Waals surface area contributed by atoms with Crippen LogP contribution in [-0.4, -0.2) is 14.3 Å². The summed E-state index contributed by atoms with van der Waals surface area (Å²) < 4.78 is 18.1. The lowest BCUT2D eigenvalue weighted by Crippen LogP contribution is -2.16. The Hall–Kier alpha value is -1.49. The SMILES string of the molecule is CC(C)(C)c1noc(C[S@@](=O)[C@H]2CCCc3ccccc32)n1. The van der Waals surface area contributed by atoms with E-state index in [4.69, 9.17) is 4.52 Å². The van der Waals surface area contributed by atoms with Gasteiger partial charge in [-0.2, -0.15) is 4.98 Å². The molecule has 2 aromatic rings. The smallest absolute Gasteiger partial charge is 0.239 e. The van der Waals surface area contributed by atoms with E-state index >= 15 is 0 Å². The van der Waals surface area contributed by atoms with Gasteiger partial charge < -0.3 is 4.52 Å². The predicted octanol–water partition coefficient (Wildman–Crippen LogP) is 3.69. The second-order valence-electron chi connectivity index (χ2n) is 6.87. The molecule has 1 aromatic carbocycles. The number of nitrogens with zero attached hydrogens (tertiary/aromatic N) is 2. The standard InChI is InChI=1S/C17H22N2O2S/c1-17(2,3)16-18-15(21-19-16)11-22(20)14-10-6-8-12-7-4-5-9-13(12)14/h4-5,7,9,14H,6,8,10-11H2,1-3H3/t14-,22+/m0/s1. The van der Waals surface area contributed by atoms with Gasteiger partial charge in [-0.3, -0.25) is 4.21 Å². The van der Waals surface area contributed by atoms with Gasteiger partial charge in [0.05, 0.1) is 5.25 Å². The lowest BCUT2D eigenvalue weighted by molar-refractivity contribution is 0.372. The Morgan fingerprint density at radius 1 is 1.32 bits per heavy atom. The van der Waals surface area contributed by atoms with Gasteiger partial charge in [-0.05, 0) is 30.4 Å². The lowest BCUT2D eigenvalue weighted by atomic mass is 9.91. The Morgan fingerprint density at radius 2 is 2.09 bits per heavy atom. The van der Waals surface area contributed by atoms with Crippen molar-refractivity contribution in [3.8, 4) is 0 Å². The van der Waals surface area contributed by atoms with Gasteiger partial charge >= 0.3 is 0 Å². The summed E-state index contributed by atoms with van der Waals surface area (Å²) in [7, 11) is -1.03. The van der Waals surface area contributed by atoms with Crippen molar-refractivity contribution in [2.45, 2.75) is 56.5 Å². The van der Waals surface area contributed by atoms with Gasteiger partial charge in [-0.1, -0.05) is 50.2 Å². The summed E-state index contributed by atoms with van der Waals surface area (Å²) >= 11 is 0. The van der Waals surface area contributed by atoms with Crippen molar-refractivity contribution in [3.63, 3.8) is 0 Å². The summed E-state index contributed by atoms with van der Waals surface area (Å²) in [6.07, 6.45) is 3.13. The highest BCUT2D eigenvalue weighted by Crippen LogP contribution is 2.35. The third-order valence-corrected chi connectivity index (χ3v) is 5.69. The fraction of sp³-hybridized carbons (Fsp3) is 0.529. The number of rotatable bonds is 3. The summed E-state index contributed by atoms with van der Waals surface area (Å²) in [5, 5.41) is 4.09. The minimum Gasteiger partial charge on any atom is -0.338 e. The summed E-state index contributed by atoms with van der Waals surface area (Å²) in [4.78, 5) is 4.40. The first-order chi connectivity index (χ1) is 10.4. The molecule has 1 aromatic heterocycles. The molecule has 22 heavy (non-hydrogen) atoms. The summed E-state index contributed by atoms with van der Waals surface area (Å²) in [5.41, 5.74) is 2.40. The molecule has 0 bridgehead atoms. The molecule has 1 heterocycles. The van der Waals surface area contributed by atoms with Gasteiger partial charge in [0.1, 0.15) is 5.75 Å². The fourth-order valence-electron chi connectivity index (χ4n) is 2.82. The van der Waals surface area contributed by atoms with E-state index in [1.807, 2.05) is 26.8 Å². The first-order valence-electron chi connectivity index (χ1n) is 7.73. The van der Waals surface area contributed by atoms with Crippen LogP contribution >= 0.6 is 0 Å². The topological polar surface area (TPSA) is 56.0 Å². The van der Waals surface area contributed by atoms with Gasteiger partial charge in [0.15, 0.2) is 5.82 Å². The van der Waals surface area contributed by atoms with E-state index in [1.54, 1.807) is 0 Å². The molecule has 0 saturated heterocycles. The number of aryl methyl sites for hydroxylation is 1. The molecule has 118 valence electrons. The molecule has 0 saturated carbocycles. The normalized spacial score (nSPS) is 19.7. The number of benzene rings is 1. The molecule has 0 fully saturated rings. The quantitative estimate of drug-likeness (QED) is 0.866. The Bertz CT molecular complexity index is 688. The molecule has 0 N–H and O–H groups in total. The van der Waals surface area contributed by atoms with E-state index < -0.39 is 10.8 Å². The fourth-order valence-corrected chi connectivity index (χ4v) is 4.33. The molecule has 0 aliphatic heterocycles. The minimum atomic E-state index is -1.03. The highest BCUT2D eigenvalue weighted by atomic mass is 32.2. The van der Waals surface area contributed by atoms with Crippen molar-refractivity contribution in [2.75, 3.05) is 0 Å². The molecule has 0 unspecified atom stereocenters. The third kappa shape index (κ3) is 3.14. The highest BCUT2D eigenvalue weighted by Gasteiger charge is 2.27. The van der Waals surface area contributed by atoms with Crippen LogP contribution in [0.15, 0.2) is 28.8 Å². The van der Waals surface area contributed by atoms with E-state index in [0.29, 0.717) is 17.5 Å². The van der Waals surface area contributed by atoms with Crippen LogP contribution in [-0.2, 0) is 28.4 Å². The molecule has 5 heteroatoms. The average Bonchev–Trinajstić information content (AvgIpc) is 2.95. The Labute approximate surface area is 133 Å². The van der Waals surface area contributed by atoms with Crippen LogP contribution in [0.2, 0.25) is 0 Å². The van der Waals surface area contributed by atoms with Gasteiger partial charge in [-0.25, -0.2) is 0 Å².